The zero-order valence-corrected chi connectivity index (χ0v) is 11.3. The average Bonchev–Trinajstić information content (AvgIpc) is 2.84. The minimum Gasteiger partial charge on any atom is -0.339 e. The van der Waals surface area contributed by atoms with E-state index in [-0.39, 0.29) is 11.9 Å². The van der Waals surface area contributed by atoms with Crippen molar-refractivity contribution in [1.82, 2.24) is 4.90 Å². The van der Waals surface area contributed by atoms with Crippen molar-refractivity contribution in [2.24, 2.45) is 5.73 Å². The van der Waals surface area contributed by atoms with Gasteiger partial charge in [0.15, 0.2) is 0 Å². The van der Waals surface area contributed by atoms with Crippen LogP contribution >= 0.6 is 0 Å². The first-order valence-corrected chi connectivity index (χ1v) is 6.72. The summed E-state index contributed by atoms with van der Waals surface area (Å²) in [6.07, 6.45) is 4.32. The Kier molecular flexibility index (Phi) is 4.02. The van der Waals surface area contributed by atoms with Gasteiger partial charge < -0.3 is 10.6 Å². The van der Waals surface area contributed by atoms with E-state index >= 15 is 0 Å². The minimum atomic E-state index is 0.102. The Morgan fingerprint density at radius 3 is 2.83 bits per heavy atom. The first kappa shape index (κ1) is 13.1. The molecule has 1 aromatic rings. The maximum Gasteiger partial charge on any atom is 0.253 e. The summed E-state index contributed by atoms with van der Waals surface area (Å²) in [5.74, 6) is 0.102. The van der Waals surface area contributed by atoms with E-state index in [9.17, 15) is 4.79 Å². The van der Waals surface area contributed by atoms with Crippen LogP contribution < -0.4 is 5.73 Å². The van der Waals surface area contributed by atoms with Crippen LogP contribution in [0.1, 0.15) is 41.3 Å². The summed E-state index contributed by atoms with van der Waals surface area (Å²) in [4.78, 5) is 14.1. The van der Waals surface area contributed by atoms with Crippen molar-refractivity contribution in [2.45, 2.75) is 38.6 Å². The monoisotopic (exact) mass is 246 g/mol. The highest BCUT2D eigenvalue weighted by Crippen LogP contribution is 2.23. The Hall–Kier alpha value is -1.35. The lowest BCUT2D eigenvalue weighted by molar-refractivity contribution is 0.0739. The van der Waals surface area contributed by atoms with Gasteiger partial charge in [0.05, 0.1) is 0 Å². The zero-order chi connectivity index (χ0) is 13.1. The standard InChI is InChI=1S/C15H22N2O/c1-11(8-9-16)17(2)15(18)14-7-6-12-4-3-5-13(12)10-14/h6-7,10-11H,3-5,8-9,16H2,1-2H3. The second-order valence-electron chi connectivity index (χ2n) is 5.18. The molecule has 1 atom stereocenters. The van der Waals surface area contributed by atoms with Crippen molar-refractivity contribution >= 4 is 5.91 Å². The van der Waals surface area contributed by atoms with Crippen LogP contribution in [0.25, 0.3) is 0 Å². The quantitative estimate of drug-likeness (QED) is 0.883. The summed E-state index contributed by atoms with van der Waals surface area (Å²) < 4.78 is 0. The van der Waals surface area contributed by atoms with Crippen LogP contribution in [0.5, 0.6) is 0 Å². The van der Waals surface area contributed by atoms with Crippen molar-refractivity contribution in [3.8, 4) is 0 Å². The topological polar surface area (TPSA) is 46.3 Å². The lowest BCUT2D eigenvalue weighted by Crippen LogP contribution is -2.36. The van der Waals surface area contributed by atoms with Crippen LogP contribution in [-0.4, -0.2) is 30.4 Å². The number of nitrogens with zero attached hydrogens (tertiary/aromatic N) is 1. The first-order valence-electron chi connectivity index (χ1n) is 6.72. The number of hydrogen-bond donors (Lipinski definition) is 1. The molecule has 3 nitrogen and oxygen atoms in total. The predicted octanol–water partition coefficient (Wildman–Crippen LogP) is 1.98. The van der Waals surface area contributed by atoms with E-state index in [0.717, 1.165) is 24.8 Å². The summed E-state index contributed by atoms with van der Waals surface area (Å²) in [5, 5.41) is 0. The molecule has 1 amide bonds. The fraction of sp³-hybridized carbons (Fsp3) is 0.533. The minimum absolute atomic E-state index is 0.102. The number of amides is 1. The third kappa shape index (κ3) is 2.56. The lowest BCUT2D eigenvalue weighted by Gasteiger charge is -2.24. The summed E-state index contributed by atoms with van der Waals surface area (Å²) in [7, 11) is 1.86. The van der Waals surface area contributed by atoms with Crippen LogP contribution in [0.15, 0.2) is 18.2 Å². The first-order chi connectivity index (χ1) is 8.63. The summed E-state index contributed by atoms with van der Waals surface area (Å²) in [6.45, 7) is 2.65. The maximum atomic E-state index is 12.3. The molecule has 2 rings (SSSR count). The molecule has 0 fully saturated rings. The normalized spacial score (nSPS) is 15.3. The molecule has 1 unspecified atom stereocenters. The van der Waals surface area contributed by atoms with Crippen LogP contribution in [0.3, 0.4) is 0 Å². The number of carbonyl (C=O) groups excluding carboxylic acids is 1. The highest BCUT2D eigenvalue weighted by molar-refractivity contribution is 5.94. The number of hydrogen-bond acceptors (Lipinski definition) is 2. The Bertz CT molecular complexity index is 442. The van der Waals surface area contributed by atoms with Crippen molar-refractivity contribution in [3.05, 3.63) is 34.9 Å². The number of nitrogens with two attached hydrogens (primary N) is 1. The maximum absolute atomic E-state index is 12.3. The molecule has 0 spiro atoms. The van der Waals surface area contributed by atoms with E-state index in [1.165, 1.54) is 17.5 Å². The van der Waals surface area contributed by atoms with Crippen molar-refractivity contribution in [3.63, 3.8) is 0 Å². The summed E-state index contributed by atoms with van der Waals surface area (Å²) in [6, 6.07) is 6.32. The lowest BCUT2D eigenvalue weighted by atomic mass is 10.0. The van der Waals surface area contributed by atoms with Crippen LogP contribution in [0.2, 0.25) is 0 Å². The van der Waals surface area contributed by atoms with Gasteiger partial charge in [0.2, 0.25) is 0 Å². The van der Waals surface area contributed by atoms with Gasteiger partial charge in [0, 0.05) is 18.7 Å². The number of fused-ring (bicyclic) bond motifs is 1. The summed E-state index contributed by atoms with van der Waals surface area (Å²) in [5.41, 5.74) is 9.10. The molecule has 1 aromatic carbocycles. The van der Waals surface area contributed by atoms with Gasteiger partial charge in [-0.3, -0.25) is 4.79 Å². The molecule has 0 heterocycles. The second-order valence-corrected chi connectivity index (χ2v) is 5.18. The molecule has 0 saturated carbocycles. The van der Waals surface area contributed by atoms with Gasteiger partial charge in [-0.05, 0) is 62.4 Å². The molecule has 1 aliphatic rings. The highest BCUT2D eigenvalue weighted by Gasteiger charge is 2.19. The molecule has 2 N–H and O–H groups in total. The number of aryl methyl sites for hydroxylation is 2. The third-order valence-corrected chi connectivity index (χ3v) is 3.91. The number of carbonyl (C=O) groups is 1. The molecule has 0 aromatic heterocycles. The zero-order valence-electron chi connectivity index (χ0n) is 11.3. The molecule has 98 valence electrons. The molecule has 0 radical (unpaired) electrons. The van der Waals surface area contributed by atoms with Gasteiger partial charge in [0.25, 0.3) is 5.91 Å². The van der Waals surface area contributed by atoms with Crippen molar-refractivity contribution < 1.29 is 4.79 Å². The highest BCUT2D eigenvalue weighted by atomic mass is 16.2. The number of benzene rings is 1. The molecule has 0 aliphatic heterocycles. The Balaban J connectivity index is 2.13. The predicted molar refractivity (Wildman–Crippen MR) is 73.7 cm³/mol. The van der Waals surface area contributed by atoms with Gasteiger partial charge >= 0.3 is 0 Å². The van der Waals surface area contributed by atoms with Crippen molar-refractivity contribution in [2.75, 3.05) is 13.6 Å². The third-order valence-electron chi connectivity index (χ3n) is 3.91. The van der Waals surface area contributed by atoms with E-state index in [0.29, 0.717) is 6.54 Å². The molecule has 0 bridgehead atoms. The molecule has 18 heavy (non-hydrogen) atoms. The van der Waals surface area contributed by atoms with Crippen LogP contribution in [0.4, 0.5) is 0 Å². The van der Waals surface area contributed by atoms with Gasteiger partial charge in [-0.2, -0.15) is 0 Å². The largest absolute Gasteiger partial charge is 0.339 e. The van der Waals surface area contributed by atoms with Crippen LogP contribution in [-0.2, 0) is 12.8 Å². The van der Waals surface area contributed by atoms with Gasteiger partial charge in [-0.15, -0.1) is 0 Å². The Morgan fingerprint density at radius 1 is 1.39 bits per heavy atom. The van der Waals surface area contributed by atoms with Gasteiger partial charge in [0.1, 0.15) is 0 Å². The molecule has 0 saturated heterocycles. The smallest absolute Gasteiger partial charge is 0.253 e. The van der Waals surface area contributed by atoms with E-state index in [2.05, 4.69) is 12.1 Å². The molecular weight excluding hydrogens is 224 g/mol. The van der Waals surface area contributed by atoms with E-state index < -0.39 is 0 Å². The summed E-state index contributed by atoms with van der Waals surface area (Å²) >= 11 is 0. The average molecular weight is 246 g/mol. The van der Waals surface area contributed by atoms with E-state index in [1.807, 2.05) is 20.0 Å². The SMILES string of the molecule is CC(CCN)N(C)C(=O)c1ccc2c(c1)CCC2. The second kappa shape index (κ2) is 5.53. The Morgan fingerprint density at radius 2 is 2.11 bits per heavy atom. The van der Waals surface area contributed by atoms with Gasteiger partial charge in [-0.25, -0.2) is 0 Å². The van der Waals surface area contributed by atoms with E-state index in [1.54, 1.807) is 4.90 Å². The number of rotatable bonds is 4. The molecular formula is C15H22N2O. The molecule has 3 heteroatoms. The fourth-order valence-electron chi connectivity index (χ4n) is 2.54. The fourth-order valence-corrected chi connectivity index (χ4v) is 2.54. The van der Waals surface area contributed by atoms with E-state index in [4.69, 9.17) is 5.73 Å². The Labute approximate surface area is 109 Å². The molecule has 1 aliphatic carbocycles. The van der Waals surface area contributed by atoms with Crippen LogP contribution in [0, 0.1) is 0 Å². The van der Waals surface area contributed by atoms with Crippen molar-refractivity contribution in [1.29, 1.82) is 0 Å². The van der Waals surface area contributed by atoms with Gasteiger partial charge in [-0.1, -0.05) is 6.07 Å².